The average Bonchev–Trinajstić information content (AvgIpc) is 2.86. The Morgan fingerprint density at radius 2 is 1.35 bits per heavy atom. The first kappa shape index (κ1) is 17.5. The number of carbonyl (C=O) groups excluding carboxylic acids is 1. The summed E-state index contributed by atoms with van der Waals surface area (Å²) < 4.78 is 0. The SMILES string of the molecule is CCCCCCCCCCCCCCC1CCC(=O)N1. The molecule has 1 amide bonds. The van der Waals surface area contributed by atoms with E-state index in [1.807, 2.05) is 0 Å². The van der Waals surface area contributed by atoms with Crippen LogP contribution in [-0.4, -0.2) is 11.9 Å². The molecule has 1 saturated heterocycles. The highest BCUT2D eigenvalue weighted by Gasteiger charge is 2.19. The van der Waals surface area contributed by atoms with Crippen LogP contribution in [0, 0.1) is 0 Å². The van der Waals surface area contributed by atoms with Crippen LogP contribution < -0.4 is 5.32 Å². The first-order valence-electron chi connectivity index (χ1n) is 9.12. The van der Waals surface area contributed by atoms with Crippen molar-refractivity contribution in [3.05, 3.63) is 0 Å². The summed E-state index contributed by atoms with van der Waals surface area (Å²) in [5, 5.41) is 3.05. The van der Waals surface area contributed by atoms with Crippen molar-refractivity contribution in [3.8, 4) is 0 Å². The Bertz CT molecular complexity index is 240. The fourth-order valence-electron chi connectivity index (χ4n) is 3.13. The van der Waals surface area contributed by atoms with Gasteiger partial charge in [0.15, 0.2) is 0 Å². The molecule has 1 atom stereocenters. The lowest BCUT2D eigenvalue weighted by Gasteiger charge is -2.09. The van der Waals surface area contributed by atoms with Crippen molar-refractivity contribution in [2.45, 2.75) is 109 Å². The monoisotopic (exact) mass is 281 g/mol. The minimum atomic E-state index is 0.258. The highest BCUT2D eigenvalue weighted by Crippen LogP contribution is 2.16. The van der Waals surface area contributed by atoms with Crippen molar-refractivity contribution in [1.29, 1.82) is 0 Å². The summed E-state index contributed by atoms with van der Waals surface area (Å²) in [6, 6.07) is 0.491. The van der Waals surface area contributed by atoms with E-state index in [1.165, 1.54) is 83.5 Å². The number of unbranched alkanes of at least 4 members (excludes halogenated alkanes) is 11. The molecular weight excluding hydrogens is 246 g/mol. The van der Waals surface area contributed by atoms with Crippen LogP contribution in [0.25, 0.3) is 0 Å². The fourth-order valence-corrected chi connectivity index (χ4v) is 3.13. The average molecular weight is 281 g/mol. The highest BCUT2D eigenvalue weighted by atomic mass is 16.1. The Balaban J connectivity index is 1.71. The Kier molecular flexibility index (Phi) is 10.7. The second-order valence-electron chi connectivity index (χ2n) is 6.48. The van der Waals surface area contributed by atoms with Crippen LogP contribution in [-0.2, 0) is 4.79 Å². The maximum atomic E-state index is 11.1. The molecule has 1 heterocycles. The first-order valence-corrected chi connectivity index (χ1v) is 9.12. The van der Waals surface area contributed by atoms with Gasteiger partial charge in [-0.15, -0.1) is 0 Å². The van der Waals surface area contributed by atoms with E-state index in [0.29, 0.717) is 6.04 Å². The van der Waals surface area contributed by atoms with Crippen molar-refractivity contribution in [3.63, 3.8) is 0 Å². The molecule has 1 aliphatic heterocycles. The third-order valence-electron chi connectivity index (χ3n) is 4.49. The second-order valence-corrected chi connectivity index (χ2v) is 6.48. The molecule has 118 valence electrons. The van der Waals surface area contributed by atoms with E-state index in [4.69, 9.17) is 0 Å². The van der Waals surface area contributed by atoms with Crippen LogP contribution in [0.1, 0.15) is 103 Å². The van der Waals surface area contributed by atoms with Gasteiger partial charge in [0.2, 0.25) is 5.91 Å². The molecule has 0 saturated carbocycles. The summed E-state index contributed by atoms with van der Waals surface area (Å²) in [5.74, 6) is 0.258. The molecule has 1 N–H and O–H groups in total. The van der Waals surface area contributed by atoms with Crippen molar-refractivity contribution in [2.75, 3.05) is 0 Å². The predicted molar refractivity (Wildman–Crippen MR) is 86.9 cm³/mol. The molecule has 2 nitrogen and oxygen atoms in total. The van der Waals surface area contributed by atoms with Crippen molar-refractivity contribution in [1.82, 2.24) is 5.32 Å². The zero-order chi connectivity index (χ0) is 14.5. The van der Waals surface area contributed by atoms with Gasteiger partial charge in [-0.3, -0.25) is 4.79 Å². The Morgan fingerprint density at radius 1 is 0.850 bits per heavy atom. The van der Waals surface area contributed by atoms with E-state index in [0.717, 1.165) is 12.8 Å². The number of carbonyl (C=O) groups is 1. The number of nitrogens with one attached hydrogen (secondary N) is 1. The largest absolute Gasteiger partial charge is 0.353 e. The molecule has 0 aliphatic carbocycles. The number of hydrogen-bond donors (Lipinski definition) is 1. The van der Waals surface area contributed by atoms with E-state index < -0.39 is 0 Å². The molecule has 0 aromatic heterocycles. The zero-order valence-corrected chi connectivity index (χ0v) is 13.6. The molecule has 0 aromatic rings. The lowest BCUT2D eigenvalue weighted by atomic mass is 10.0. The Hall–Kier alpha value is -0.530. The van der Waals surface area contributed by atoms with Crippen molar-refractivity contribution >= 4 is 5.91 Å². The molecule has 1 aliphatic rings. The highest BCUT2D eigenvalue weighted by molar-refractivity contribution is 5.78. The van der Waals surface area contributed by atoms with Gasteiger partial charge in [-0.25, -0.2) is 0 Å². The molecule has 0 aromatic carbocycles. The maximum absolute atomic E-state index is 11.1. The van der Waals surface area contributed by atoms with Gasteiger partial charge in [-0.1, -0.05) is 84.0 Å². The molecule has 2 heteroatoms. The van der Waals surface area contributed by atoms with Crippen LogP contribution in [0.2, 0.25) is 0 Å². The van der Waals surface area contributed by atoms with Gasteiger partial charge in [0.05, 0.1) is 0 Å². The number of rotatable bonds is 13. The summed E-state index contributed by atoms with van der Waals surface area (Å²) in [7, 11) is 0. The lowest BCUT2D eigenvalue weighted by Crippen LogP contribution is -2.24. The van der Waals surface area contributed by atoms with Gasteiger partial charge in [-0.2, -0.15) is 0 Å². The zero-order valence-electron chi connectivity index (χ0n) is 13.6. The summed E-state index contributed by atoms with van der Waals surface area (Å²) in [4.78, 5) is 11.1. The van der Waals surface area contributed by atoms with Gasteiger partial charge in [0, 0.05) is 12.5 Å². The number of amides is 1. The molecule has 1 rings (SSSR count). The number of hydrogen-bond acceptors (Lipinski definition) is 1. The molecular formula is C18H35NO. The maximum Gasteiger partial charge on any atom is 0.220 e. The fraction of sp³-hybridized carbons (Fsp3) is 0.944. The molecule has 1 fully saturated rings. The first-order chi connectivity index (χ1) is 9.83. The van der Waals surface area contributed by atoms with Crippen molar-refractivity contribution < 1.29 is 4.79 Å². The standard InChI is InChI=1S/C18H35NO/c1-2-3-4-5-6-7-8-9-10-11-12-13-14-17-15-16-18(20)19-17/h17H,2-16H2,1H3,(H,19,20). The Morgan fingerprint density at radius 3 is 1.80 bits per heavy atom. The molecule has 1 unspecified atom stereocenters. The lowest BCUT2D eigenvalue weighted by molar-refractivity contribution is -0.119. The van der Waals surface area contributed by atoms with Gasteiger partial charge >= 0.3 is 0 Å². The van der Waals surface area contributed by atoms with E-state index >= 15 is 0 Å². The smallest absolute Gasteiger partial charge is 0.220 e. The van der Waals surface area contributed by atoms with E-state index in [1.54, 1.807) is 0 Å². The van der Waals surface area contributed by atoms with Crippen LogP contribution in [0.4, 0.5) is 0 Å². The normalized spacial score (nSPS) is 18.4. The van der Waals surface area contributed by atoms with Gasteiger partial charge in [-0.05, 0) is 12.8 Å². The predicted octanol–water partition coefficient (Wildman–Crippen LogP) is 5.36. The van der Waals surface area contributed by atoms with Crippen LogP contribution >= 0.6 is 0 Å². The van der Waals surface area contributed by atoms with Gasteiger partial charge in [0.25, 0.3) is 0 Å². The van der Waals surface area contributed by atoms with Gasteiger partial charge in [0.1, 0.15) is 0 Å². The van der Waals surface area contributed by atoms with Crippen molar-refractivity contribution in [2.24, 2.45) is 0 Å². The van der Waals surface area contributed by atoms with E-state index in [2.05, 4.69) is 12.2 Å². The van der Waals surface area contributed by atoms with Gasteiger partial charge < -0.3 is 5.32 Å². The molecule has 0 spiro atoms. The molecule has 20 heavy (non-hydrogen) atoms. The summed E-state index contributed by atoms with van der Waals surface area (Å²) in [6.07, 6.45) is 19.9. The van der Waals surface area contributed by atoms with Crippen LogP contribution in [0.5, 0.6) is 0 Å². The van der Waals surface area contributed by atoms with E-state index in [-0.39, 0.29) is 5.91 Å². The molecule has 0 radical (unpaired) electrons. The summed E-state index contributed by atoms with van der Waals surface area (Å²) in [6.45, 7) is 2.28. The molecule has 0 bridgehead atoms. The van der Waals surface area contributed by atoms with Crippen LogP contribution in [0.15, 0.2) is 0 Å². The minimum absolute atomic E-state index is 0.258. The van der Waals surface area contributed by atoms with E-state index in [9.17, 15) is 4.79 Å². The third-order valence-corrected chi connectivity index (χ3v) is 4.49. The Labute approximate surface area is 126 Å². The summed E-state index contributed by atoms with van der Waals surface area (Å²) in [5.41, 5.74) is 0. The third kappa shape index (κ3) is 9.39. The van der Waals surface area contributed by atoms with Crippen LogP contribution in [0.3, 0.4) is 0 Å². The minimum Gasteiger partial charge on any atom is -0.353 e. The topological polar surface area (TPSA) is 29.1 Å². The quantitative estimate of drug-likeness (QED) is 0.453. The second kappa shape index (κ2) is 12.2. The summed E-state index contributed by atoms with van der Waals surface area (Å²) >= 11 is 0.